The van der Waals surface area contributed by atoms with Gasteiger partial charge in [0.1, 0.15) is 5.82 Å². The summed E-state index contributed by atoms with van der Waals surface area (Å²) in [5.74, 6) is -0.352. The second kappa shape index (κ2) is 4.08. The molecule has 1 rings (SSSR count). The lowest BCUT2D eigenvalue weighted by atomic mass is 10.1. The van der Waals surface area contributed by atoms with Gasteiger partial charge in [-0.15, -0.1) is 0 Å². The molecule has 66 valence electrons. The number of hydrogen-bond acceptors (Lipinski definition) is 1. The summed E-state index contributed by atoms with van der Waals surface area (Å²) in [5, 5.41) is 0.628. The Balaban J connectivity index is 3.14. The number of rotatable bonds is 2. The van der Waals surface area contributed by atoms with Crippen LogP contribution in [-0.2, 0) is 6.42 Å². The maximum atomic E-state index is 13.0. The minimum absolute atomic E-state index is 0.266. The summed E-state index contributed by atoms with van der Waals surface area (Å²) in [4.78, 5) is 0. The molecule has 4 heteroatoms. The molecule has 12 heavy (non-hydrogen) atoms. The third kappa shape index (κ3) is 1.89. The van der Waals surface area contributed by atoms with Crippen molar-refractivity contribution in [3.63, 3.8) is 0 Å². The Bertz CT molecular complexity index is 289. The van der Waals surface area contributed by atoms with Gasteiger partial charge in [-0.1, -0.05) is 23.2 Å². The quantitative estimate of drug-likeness (QED) is 0.742. The third-order valence-electron chi connectivity index (χ3n) is 1.53. The van der Waals surface area contributed by atoms with Gasteiger partial charge in [-0.2, -0.15) is 0 Å². The molecule has 0 unspecified atom stereocenters. The summed E-state index contributed by atoms with van der Waals surface area (Å²) < 4.78 is 13.0. The standard InChI is InChI=1S/C8H8Cl2FN/c9-6-1-2-7(11)5(3-4-12)8(6)10/h1-2H,3-4,12H2. The molecular formula is C8H8Cl2FN. The fraction of sp³-hybridized carbons (Fsp3) is 0.250. The molecule has 0 aliphatic carbocycles. The molecule has 0 fully saturated rings. The van der Waals surface area contributed by atoms with Gasteiger partial charge in [-0.3, -0.25) is 0 Å². The summed E-state index contributed by atoms with van der Waals surface area (Å²) in [7, 11) is 0. The molecule has 1 nitrogen and oxygen atoms in total. The fourth-order valence-corrected chi connectivity index (χ4v) is 1.37. The predicted octanol–water partition coefficient (Wildman–Crippen LogP) is 2.63. The molecule has 1 aromatic carbocycles. The average molecular weight is 208 g/mol. The SMILES string of the molecule is NCCc1c(F)ccc(Cl)c1Cl. The summed E-state index contributed by atoms with van der Waals surface area (Å²) in [5.41, 5.74) is 5.68. The van der Waals surface area contributed by atoms with E-state index >= 15 is 0 Å². The van der Waals surface area contributed by atoms with E-state index in [9.17, 15) is 4.39 Å². The molecule has 0 atom stereocenters. The van der Waals surface area contributed by atoms with E-state index in [0.29, 0.717) is 23.6 Å². The highest BCUT2D eigenvalue weighted by Crippen LogP contribution is 2.27. The van der Waals surface area contributed by atoms with E-state index in [-0.39, 0.29) is 10.8 Å². The van der Waals surface area contributed by atoms with E-state index in [1.807, 2.05) is 0 Å². The minimum atomic E-state index is -0.352. The molecule has 0 radical (unpaired) electrons. The summed E-state index contributed by atoms with van der Waals surface area (Å²) in [6.45, 7) is 0.358. The molecule has 0 saturated carbocycles. The Labute approximate surface area is 80.3 Å². The van der Waals surface area contributed by atoms with Crippen molar-refractivity contribution in [1.29, 1.82) is 0 Å². The van der Waals surface area contributed by atoms with Gasteiger partial charge in [-0.05, 0) is 25.1 Å². The first-order valence-corrected chi connectivity index (χ1v) is 4.25. The molecule has 0 aliphatic rings. The summed E-state index contributed by atoms with van der Waals surface area (Å²) >= 11 is 11.4. The van der Waals surface area contributed by atoms with Crippen molar-refractivity contribution in [2.75, 3.05) is 6.54 Å². The first-order chi connectivity index (χ1) is 5.66. The zero-order chi connectivity index (χ0) is 9.14. The van der Waals surface area contributed by atoms with Crippen molar-refractivity contribution in [2.45, 2.75) is 6.42 Å². The van der Waals surface area contributed by atoms with E-state index in [1.54, 1.807) is 0 Å². The van der Waals surface area contributed by atoms with Gasteiger partial charge in [0, 0.05) is 5.56 Å². The van der Waals surface area contributed by atoms with Crippen LogP contribution in [0.1, 0.15) is 5.56 Å². The van der Waals surface area contributed by atoms with Crippen LogP contribution in [-0.4, -0.2) is 6.54 Å². The van der Waals surface area contributed by atoms with Gasteiger partial charge in [0.2, 0.25) is 0 Å². The van der Waals surface area contributed by atoms with Crippen LogP contribution in [0.2, 0.25) is 10.0 Å². The molecule has 2 N–H and O–H groups in total. The third-order valence-corrected chi connectivity index (χ3v) is 2.38. The molecular weight excluding hydrogens is 200 g/mol. The molecule has 0 aliphatic heterocycles. The van der Waals surface area contributed by atoms with Crippen molar-refractivity contribution >= 4 is 23.2 Å². The number of halogens is 3. The molecule has 0 aromatic heterocycles. The molecule has 0 bridgehead atoms. The first kappa shape index (κ1) is 9.78. The van der Waals surface area contributed by atoms with E-state index in [0.717, 1.165) is 0 Å². The highest BCUT2D eigenvalue weighted by molar-refractivity contribution is 6.42. The Morgan fingerprint density at radius 3 is 2.58 bits per heavy atom. The maximum Gasteiger partial charge on any atom is 0.128 e. The normalized spacial score (nSPS) is 10.3. The Morgan fingerprint density at radius 1 is 1.33 bits per heavy atom. The largest absolute Gasteiger partial charge is 0.330 e. The first-order valence-electron chi connectivity index (χ1n) is 3.49. The fourth-order valence-electron chi connectivity index (χ4n) is 0.943. The van der Waals surface area contributed by atoms with Crippen LogP contribution in [0.4, 0.5) is 4.39 Å². The number of hydrogen-bond donors (Lipinski definition) is 1. The molecule has 0 spiro atoms. The lowest BCUT2D eigenvalue weighted by Crippen LogP contribution is -2.05. The Hall–Kier alpha value is -0.310. The number of nitrogens with two attached hydrogens (primary N) is 1. The zero-order valence-corrected chi connectivity index (χ0v) is 7.79. The molecule has 1 aromatic rings. The van der Waals surface area contributed by atoms with Crippen molar-refractivity contribution in [2.24, 2.45) is 5.73 Å². The van der Waals surface area contributed by atoms with E-state index < -0.39 is 0 Å². The van der Waals surface area contributed by atoms with Crippen LogP contribution in [0.15, 0.2) is 12.1 Å². The summed E-state index contributed by atoms with van der Waals surface area (Å²) in [6.07, 6.45) is 0.408. The van der Waals surface area contributed by atoms with Crippen molar-refractivity contribution in [1.82, 2.24) is 0 Å². The highest BCUT2D eigenvalue weighted by atomic mass is 35.5. The van der Waals surface area contributed by atoms with Gasteiger partial charge in [0.05, 0.1) is 10.0 Å². The molecule has 0 heterocycles. The molecule has 0 amide bonds. The van der Waals surface area contributed by atoms with Crippen LogP contribution in [0, 0.1) is 5.82 Å². The monoisotopic (exact) mass is 207 g/mol. The Morgan fingerprint density at radius 2 is 2.00 bits per heavy atom. The van der Waals surface area contributed by atoms with Crippen LogP contribution in [0.5, 0.6) is 0 Å². The van der Waals surface area contributed by atoms with Gasteiger partial charge in [-0.25, -0.2) is 4.39 Å². The topological polar surface area (TPSA) is 26.0 Å². The van der Waals surface area contributed by atoms with Crippen LogP contribution >= 0.6 is 23.2 Å². The Kier molecular flexibility index (Phi) is 3.32. The van der Waals surface area contributed by atoms with Crippen LogP contribution in [0.25, 0.3) is 0 Å². The smallest absolute Gasteiger partial charge is 0.128 e. The summed E-state index contributed by atoms with van der Waals surface area (Å²) in [6, 6.07) is 2.72. The predicted molar refractivity (Wildman–Crippen MR) is 49.2 cm³/mol. The number of benzene rings is 1. The van der Waals surface area contributed by atoms with Gasteiger partial charge in [0.25, 0.3) is 0 Å². The van der Waals surface area contributed by atoms with Gasteiger partial charge >= 0.3 is 0 Å². The van der Waals surface area contributed by atoms with E-state index in [1.165, 1.54) is 12.1 Å². The van der Waals surface area contributed by atoms with Gasteiger partial charge in [0.15, 0.2) is 0 Å². The van der Waals surface area contributed by atoms with Crippen LogP contribution in [0.3, 0.4) is 0 Å². The van der Waals surface area contributed by atoms with Crippen molar-refractivity contribution in [3.8, 4) is 0 Å². The molecule has 0 saturated heterocycles. The average Bonchev–Trinajstić information content (AvgIpc) is 2.06. The minimum Gasteiger partial charge on any atom is -0.330 e. The zero-order valence-electron chi connectivity index (χ0n) is 6.28. The highest BCUT2D eigenvalue weighted by Gasteiger charge is 2.09. The second-order valence-electron chi connectivity index (χ2n) is 2.36. The lowest BCUT2D eigenvalue weighted by Gasteiger charge is -2.04. The van der Waals surface area contributed by atoms with E-state index in [4.69, 9.17) is 28.9 Å². The van der Waals surface area contributed by atoms with Crippen LogP contribution < -0.4 is 5.73 Å². The second-order valence-corrected chi connectivity index (χ2v) is 3.15. The maximum absolute atomic E-state index is 13.0. The van der Waals surface area contributed by atoms with Gasteiger partial charge < -0.3 is 5.73 Å². The lowest BCUT2D eigenvalue weighted by molar-refractivity contribution is 0.610. The van der Waals surface area contributed by atoms with E-state index in [2.05, 4.69) is 0 Å². The van der Waals surface area contributed by atoms with Crippen molar-refractivity contribution in [3.05, 3.63) is 33.6 Å². The van der Waals surface area contributed by atoms with Crippen molar-refractivity contribution < 1.29 is 4.39 Å².